The van der Waals surface area contributed by atoms with Crippen LogP contribution in [0.15, 0.2) is 78.9 Å². The average Bonchev–Trinajstić information content (AvgIpc) is 2.74. The van der Waals surface area contributed by atoms with Crippen LogP contribution in [-0.4, -0.2) is 18.4 Å². The summed E-state index contributed by atoms with van der Waals surface area (Å²) in [6.45, 7) is 0.186. The zero-order chi connectivity index (χ0) is 22.3. The number of halogens is 3. The summed E-state index contributed by atoms with van der Waals surface area (Å²) in [5.41, 5.74) is -0.256. The van der Waals surface area contributed by atoms with Crippen LogP contribution in [0.5, 0.6) is 5.75 Å². The minimum atomic E-state index is -4.50. The number of hydrogen-bond acceptors (Lipinski definition) is 3. The van der Waals surface area contributed by atoms with E-state index in [0.29, 0.717) is 11.4 Å². The molecule has 0 aliphatic heterocycles. The van der Waals surface area contributed by atoms with Gasteiger partial charge in [-0.15, -0.1) is 0 Å². The van der Waals surface area contributed by atoms with Gasteiger partial charge in [0.25, 0.3) is 5.91 Å². The predicted octanol–water partition coefficient (Wildman–Crippen LogP) is 5.37. The number of rotatable bonds is 7. The number of hydrogen-bond donors (Lipinski definition) is 2. The minimum Gasteiger partial charge on any atom is -0.493 e. The van der Waals surface area contributed by atoms with E-state index in [1.54, 1.807) is 24.3 Å². The summed E-state index contributed by atoms with van der Waals surface area (Å²) in [4.78, 5) is 24.5. The van der Waals surface area contributed by atoms with Gasteiger partial charge >= 0.3 is 6.18 Å². The molecule has 0 unspecified atom stereocenters. The van der Waals surface area contributed by atoms with Crippen LogP contribution in [0.4, 0.5) is 24.5 Å². The normalized spacial score (nSPS) is 10.9. The maximum absolute atomic E-state index is 12.8. The SMILES string of the molecule is O=C(CCOc1ccccc1)Nc1cccc(C(=O)Nc2cccc(C(F)(F)F)c2)c1. The fourth-order valence-electron chi connectivity index (χ4n) is 2.72. The highest BCUT2D eigenvalue weighted by molar-refractivity contribution is 6.05. The molecule has 8 heteroatoms. The average molecular weight is 428 g/mol. The number of carbonyl (C=O) groups is 2. The zero-order valence-corrected chi connectivity index (χ0v) is 16.3. The lowest BCUT2D eigenvalue weighted by Gasteiger charge is -2.11. The van der Waals surface area contributed by atoms with Crippen molar-refractivity contribution in [3.05, 3.63) is 90.0 Å². The van der Waals surface area contributed by atoms with E-state index < -0.39 is 17.6 Å². The third kappa shape index (κ3) is 6.60. The highest BCUT2D eigenvalue weighted by atomic mass is 19.4. The molecule has 0 saturated carbocycles. The third-order valence-corrected chi connectivity index (χ3v) is 4.20. The smallest absolute Gasteiger partial charge is 0.416 e. The van der Waals surface area contributed by atoms with Crippen molar-refractivity contribution < 1.29 is 27.5 Å². The molecule has 0 aromatic heterocycles. The van der Waals surface area contributed by atoms with Crippen molar-refractivity contribution in [2.24, 2.45) is 0 Å². The molecule has 0 radical (unpaired) electrons. The molecule has 3 rings (SSSR count). The van der Waals surface area contributed by atoms with E-state index in [0.717, 1.165) is 12.1 Å². The first-order valence-electron chi connectivity index (χ1n) is 9.37. The lowest BCUT2D eigenvalue weighted by atomic mass is 10.1. The minimum absolute atomic E-state index is 0.0207. The van der Waals surface area contributed by atoms with E-state index in [1.807, 2.05) is 18.2 Å². The highest BCUT2D eigenvalue weighted by Gasteiger charge is 2.30. The molecule has 3 aromatic carbocycles. The molecule has 0 spiro atoms. The van der Waals surface area contributed by atoms with Crippen LogP contribution in [0.25, 0.3) is 0 Å². The van der Waals surface area contributed by atoms with Crippen molar-refractivity contribution in [1.29, 1.82) is 0 Å². The molecule has 0 saturated heterocycles. The van der Waals surface area contributed by atoms with Crippen LogP contribution in [-0.2, 0) is 11.0 Å². The van der Waals surface area contributed by atoms with Crippen molar-refractivity contribution in [2.75, 3.05) is 17.2 Å². The highest BCUT2D eigenvalue weighted by Crippen LogP contribution is 2.30. The molecule has 2 N–H and O–H groups in total. The zero-order valence-electron chi connectivity index (χ0n) is 16.3. The Morgan fingerprint density at radius 1 is 0.806 bits per heavy atom. The molecule has 5 nitrogen and oxygen atoms in total. The van der Waals surface area contributed by atoms with Gasteiger partial charge in [0.2, 0.25) is 5.91 Å². The predicted molar refractivity (Wildman–Crippen MR) is 111 cm³/mol. The van der Waals surface area contributed by atoms with Crippen molar-refractivity contribution in [3.63, 3.8) is 0 Å². The summed E-state index contributed by atoms with van der Waals surface area (Å²) in [7, 11) is 0. The summed E-state index contributed by atoms with van der Waals surface area (Å²) >= 11 is 0. The standard InChI is InChI=1S/C23H19F3N2O3/c24-23(25,26)17-7-5-9-19(15-17)28-22(30)16-6-4-8-18(14-16)27-21(29)12-13-31-20-10-2-1-3-11-20/h1-11,14-15H,12-13H2,(H,27,29)(H,28,30). The Hall–Kier alpha value is -3.81. The summed E-state index contributed by atoms with van der Waals surface area (Å²) in [5.74, 6) is -0.238. The van der Waals surface area contributed by atoms with Crippen LogP contribution in [0.2, 0.25) is 0 Å². The molecule has 0 fully saturated rings. The quantitative estimate of drug-likeness (QED) is 0.532. The lowest BCUT2D eigenvalue weighted by molar-refractivity contribution is -0.137. The number of benzene rings is 3. The van der Waals surface area contributed by atoms with E-state index in [9.17, 15) is 22.8 Å². The summed E-state index contributed by atoms with van der Waals surface area (Å²) in [5, 5.41) is 5.10. The number of anilines is 2. The van der Waals surface area contributed by atoms with Crippen LogP contribution in [0.1, 0.15) is 22.3 Å². The van der Waals surface area contributed by atoms with Gasteiger partial charge in [-0.05, 0) is 48.5 Å². The van der Waals surface area contributed by atoms with Gasteiger partial charge in [-0.1, -0.05) is 30.3 Å². The number of ether oxygens (including phenoxy) is 1. The van der Waals surface area contributed by atoms with Gasteiger partial charge in [-0.3, -0.25) is 9.59 Å². The van der Waals surface area contributed by atoms with Crippen molar-refractivity contribution in [2.45, 2.75) is 12.6 Å². The Labute approximate surface area is 176 Å². The van der Waals surface area contributed by atoms with Gasteiger partial charge in [-0.2, -0.15) is 13.2 Å². The second-order valence-corrected chi connectivity index (χ2v) is 6.57. The molecule has 0 bridgehead atoms. The Morgan fingerprint density at radius 2 is 1.48 bits per heavy atom. The van der Waals surface area contributed by atoms with Gasteiger partial charge in [0.15, 0.2) is 0 Å². The van der Waals surface area contributed by atoms with Crippen LogP contribution in [0.3, 0.4) is 0 Å². The molecular formula is C23H19F3N2O3. The topological polar surface area (TPSA) is 67.4 Å². The van der Waals surface area contributed by atoms with E-state index in [-0.39, 0.29) is 30.2 Å². The Bertz CT molecular complexity index is 1050. The number of carbonyl (C=O) groups excluding carboxylic acids is 2. The molecule has 0 aliphatic carbocycles. The maximum Gasteiger partial charge on any atom is 0.416 e. The Balaban J connectivity index is 1.57. The van der Waals surface area contributed by atoms with E-state index in [4.69, 9.17) is 4.74 Å². The first kappa shape index (κ1) is 21.9. The molecule has 2 amide bonds. The number of alkyl halides is 3. The number of amides is 2. The molecule has 0 atom stereocenters. The lowest BCUT2D eigenvalue weighted by Crippen LogP contribution is -2.16. The molecular weight excluding hydrogens is 409 g/mol. The molecule has 0 heterocycles. The van der Waals surface area contributed by atoms with E-state index in [2.05, 4.69) is 10.6 Å². The molecule has 31 heavy (non-hydrogen) atoms. The summed E-state index contributed by atoms with van der Waals surface area (Å²) < 4.78 is 43.9. The first-order valence-corrected chi connectivity index (χ1v) is 9.37. The number of para-hydroxylation sites is 1. The molecule has 3 aromatic rings. The monoisotopic (exact) mass is 428 g/mol. The van der Waals surface area contributed by atoms with Crippen LogP contribution < -0.4 is 15.4 Å². The Kier molecular flexibility index (Phi) is 6.92. The van der Waals surface area contributed by atoms with Crippen LogP contribution in [0, 0.1) is 0 Å². The van der Waals surface area contributed by atoms with Crippen molar-refractivity contribution >= 4 is 23.2 Å². The Morgan fingerprint density at radius 3 is 2.19 bits per heavy atom. The summed E-state index contributed by atoms with van der Waals surface area (Å²) in [6.07, 6.45) is -4.40. The molecule has 160 valence electrons. The molecule has 0 aliphatic rings. The number of nitrogens with one attached hydrogen (secondary N) is 2. The first-order chi connectivity index (χ1) is 14.8. The third-order valence-electron chi connectivity index (χ3n) is 4.20. The largest absolute Gasteiger partial charge is 0.493 e. The maximum atomic E-state index is 12.8. The fraction of sp³-hybridized carbons (Fsp3) is 0.130. The fourth-order valence-corrected chi connectivity index (χ4v) is 2.72. The van der Waals surface area contributed by atoms with Gasteiger partial charge in [0.1, 0.15) is 5.75 Å². The van der Waals surface area contributed by atoms with Gasteiger partial charge in [-0.25, -0.2) is 0 Å². The van der Waals surface area contributed by atoms with Crippen molar-refractivity contribution in [3.8, 4) is 5.75 Å². The van der Waals surface area contributed by atoms with Gasteiger partial charge in [0.05, 0.1) is 18.6 Å². The van der Waals surface area contributed by atoms with E-state index in [1.165, 1.54) is 24.3 Å². The van der Waals surface area contributed by atoms with Gasteiger partial charge in [0, 0.05) is 16.9 Å². The second kappa shape index (κ2) is 9.80. The van der Waals surface area contributed by atoms with E-state index >= 15 is 0 Å². The summed E-state index contributed by atoms with van der Waals surface area (Å²) in [6, 6.07) is 19.5. The van der Waals surface area contributed by atoms with Crippen LogP contribution >= 0.6 is 0 Å². The van der Waals surface area contributed by atoms with Gasteiger partial charge < -0.3 is 15.4 Å². The van der Waals surface area contributed by atoms with Crippen molar-refractivity contribution in [1.82, 2.24) is 0 Å². The second-order valence-electron chi connectivity index (χ2n) is 6.57.